The molecule has 0 aliphatic rings. The van der Waals surface area contributed by atoms with Gasteiger partial charge in [-0.15, -0.1) is 0 Å². The average Bonchev–Trinajstić information content (AvgIpc) is 2.70. The van der Waals surface area contributed by atoms with Crippen molar-refractivity contribution in [2.75, 3.05) is 19.6 Å². The number of nitrogens with zero attached hydrogens (tertiary/aromatic N) is 1. The van der Waals surface area contributed by atoms with Gasteiger partial charge in [-0.25, -0.2) is 4.79 Å². The van der Waals surface area contributed by atoms with Crippen LogP contribution in [0.3, 0.4) is 0 Å². The first-order chi connectivity index (χ1) is 12.4. The summed E-state index contributed by atoms with van der Waals surface area (Å²) in [5, 5.41) is 11.5. The van der Waals surface area contributed by atoms with Crippen LogP contribution in [0, 0.1) is 0 Å². The van der Waals surface area contributed by atoms with E-state index < -0.39 is 11.6 Å². The van der Waals surface area contributed by atoms with E-state index in [0.717, 1.165) is 19.6 Å². The highest BCUT2D eigenvalue weighted by atomic mass is 79.9. The van der Waals surface area contributed by atoms with E-state index in [0.29, 0.717) is 15.6 Å². The SMILES string of the molecule is CC[N+](CC)(CC)C(C)OC(=O)C(O)(c1ccccc1)c1ccccc1.[Br-]. The Hall–Kier alpha value is -1.69. The van der Waals surface area contributed by atoms with Gasteiger partial charge in [0, 0.05) is 6.92 Å². The Labute approximate surface area is 173 Å². The molecule has 0 bridgehead atoms. The second kappa shape index (κ2) is 10.0. The largest absolute Gasteiger partial charge is 1.00 e. The molecule has 0 spiro atoms. The number of carbonyl (C=O) groups is 1. The fraction of sp³-hybridized carbons (Fsp3) is 0.409. The number of hydrogen-bond donors (Lipinski definition) is 1. The lowest BCUT2D eigenvalue weighted by atomic mass is 9.86. The molecule has 4 nitrogen and oxygen atoms in total. The zero-order valence-electron chi connectivity index (χ0n) is 16.6. The Morgan fingerprint density at radius 1 is 0.926 bits per heavy atom. The molecule has 0 amide bonds. The van der Waals surface area contributed by atoms with Crippen LogP contribution in [0.2, 0.25) is 0 Å². The van der Waals surface area contributed by atoms with Gasteiger partial charge in [0.25, 0.3) is 0 Å². The fourth-order valence-electron chi connectivity index (χ4n) is 3.56. The smallest absolute Gasteiger partial charge is 0.352 e. The van der Waals surface area contributed by atoms with Crippen LogP contribution in [-0.2, 0) is 15.1 Å². The number of ether oxygens (including phenoxy) is 1. The molecular weight excluding hydrogens is 406 g/mol. The van der Waals surface area contributed by atoms with Crippen molar-refractivity contribution in [3.05, 3.63) is 71.8 Å². The number of aliphatic hydroxyl groups is 1. The average molecular weight is 436 g/mol. The standard InChI is InChI=1S/C22H30NO3.BrH/c1-5-23(6-2,7-3)18(4)26-21(24)22(25,19-14-10-8-11-15-19)20-16-12-9-13-17-20;/h8-18,25H,5-7H2,1-4H3;1H/q+1;/p-1. The Balaban J connectivity index is 0.00000364. The quantitative estimate of drug-likeness (QED) is 0.377. The molecule has 1 N–H and O–H groups in total. The van der Waals surface area contributed by atoms with Crippen LogP contribution in [-0.4, -0.2) is 41.4 Å². The minimum atomic E-state index is -1.83. The Kier molecular flexibility index (Phi) is 8.66. The maximum atomic E-state index is 13.2. The Bertz CT molecular complexity index is 654. The molecule has 0 aliphatic heterocycles. The van der Waals surface area contributed by atoms with Crippen molar-refractivity contribution < 1.29 is 36.1 Å². The summed E-state index contributed by atoms with van der Waals surface area (Å²) >= 11 is 0. The monoisotopic (exact) mass is 435 g/mol. The molecule has 27 heavy (non-hydrogen) atoms. The lowest BCUT2D eigenvalue weighted by molar-refractivity contribution is -0.963. The van der Waals surface area contributed by atoms with Gasteiger partial charge in [-0.1, -0.05) is 60.7 Å². The first-order valence-corrected chi connectivity index (χ1v) is 9.34. The minimum absolute atomic E-state index is 0. The maximum Gasteiger partial charge on any atom is 0.352 e. The van der Waals surface area contributed by atoms with Crippen LogP contribution >= 0.6 is 0 Å². The van der Waals surface area contributed by atoms with Gasteiger partial charge >= 0.3 is 5.97 Å². The third-order valence-corrected chi connectivity index (χ3v) is 5.62. The van der Waals surface area contributed by atoms with Gasteiger partial charge in [-0.05, 0) is 31.9 Å². The van der Waals surface area contributed by atoms with Crippen LogP contribution in [0.25, 0.3) is 0 Å². The lowest BCUT2D eigenvalue weighted by Gasteiger charge is -2.41. The summed E-state index contributed by atoms with van der Waals surface area (Å²) in [6.07, 6.45) is -0.346. The third-order valence-electron chi connectivity index (χ3n) is 5.62. The van der Waals surface area contributed by atoms with Crippen molar-refractivity contribution in [2.45, 2.75) is 39.5 Å². The number of benzene rings is 2. The molecule has 0 saturated heterocycles. The van der Waals surface area contributed by atoms with E-state index >= 15 is 0 Å². The number of esters is 1. The van der Waals surface area contributed by atoms with Crippen LogP contribution < -0.4 is 17.0 Å². The summed E-state index contributed by atoms with van der Waals surface area (Å²) in [4.78, 5) is 13.2. The first-order valence-electron chi connectivity index (χ1n) is 9.34. The van der Waals surface area contributed by atoms with Gasteiger partial charge in [-0.2, -0.15) is 0 Å². The Morgan fingerprint density at radius 3 is 1.63 bits per heavy atom. The fourth-order valence-corrected chi connectivity index (χ4v) is 3.56. The van der Waals surface area contributed by atoms with Gasteiger partial charge in [0.2, 0.25) is 11.8 Å². The maximum absolute atomic E-state index is 13.2. The molecule has 2 aromatic rings. The van der Waals surface area contributed by atoms with Crippen molar-refractivity contribution in [3.63, 3.8) is 0 Å². The Morgan fingerprint density at radius 2 is 1.30 bits per heavy atom. The third kappa shape index (κ3) is 4.60. The van der Waals surface area contributed by atoms with Gasteiger partial charge in [-0.3, -0.25) is 4.48 Å². The molecule has 0 saturated carbocycles. The van der Waals surface area contributed by atoms with E-state index in [1.807, 2.05) is 43.3 Å². The van der Waals surface area contributed by atoms with Crippen molar-refractivity contribution in [3.8, 4) is 0 Å². The zero-order chi connectivity index (χ0) is 19.2. The predicted molar refractivity (Wildman–Crippen MR) is 103 cm³/mol. The predicted octanol–water partition coefficient (Wildman–Crippen LogP) is 0.692. The van der Waals surface area contributed by atoms with E-state index in [2.05, 4.69) is 20.8 Å². The van der Waals surface area contributed by atoms with Crippen molar-refractivity contribution in [2.24, 2.45) is 0 Å². The highest BCUT2D eigenvalue weighted by Crippen LogP contribution is 2.32. The molecule has 2 aromatic carbocycles. The van der Waals surface area contributed by atoms with E-state index in [1.165, 1.54) is 0 Å². The zero-order valence-corrected chi connectivity index (χ0v) is 18.1. The molecular formula is C22H30BrNO3. The van der Waals surface area contributed by atoms with Gasteiger partial charge < -0.3 is 26.8 Å². The van der Waals surface area contributed by atoms with Crippen LogP contribution in [0.4, 0.5) is 0 Å². The normalized spacial score (nSPS) is 12.8. The first kappa shape index (κ1) is 23.3. The van der Waals surface area contributed by atoms with E-state index in [-0.39, 0.29) is 23.2 Å². The van der Waals surface area contributed by atoms with Gasteiger partial charge in [0.1, 0.15) is 0 Å². The van der Waals surface area contributed by atoms with Crippen molar-refractivity contribution in [1.82, 2.24) is 0 Å². The van der Waals surface area contributed by atoms with Crippen LogP contribution in [0.5, 0.6) is 0 Å². The molecule has 1 unspecified atom stereocenters. The summed E-state index contributed by atoms with van der Waals surface area (Å²) in [5.41, 5.74) is -0.821. The molecule has 0 aromatic heterocycles. The summed E-state index contributed by atoms with van der Waals surface area (Å²) in [6.45, 7) is 10.8. The highest BCUT2D eigenvalue weighted by molar-refractivity contribution is 5.85. The molecule has 0 radical (unpaired) electrons. The van der Waals surface area contributed by atoms with E-state index in [9.17, 15) is 9.90 Å². The second-order valence-electron chi connectivity index (χ2n) is 6.61. The number of rotatable bonds is 8. The van der Waals surface area contributed by atoms with E-state index in [1.54, 1.807) is 24.3 Å². The summed E-state index contributed by atoms with van der Waals surface area (Å²) < 4.78 is 6.50. The lowest BCUT2D eigenvalue weighted by Crippen LogP contribution is -3.00. The number of quaternary nitrogens is 1. The molecule has 2 rings (SSSR count). The summed E-state index contributed by atoms with van der Waals surface area (Å²) in [7, 11) is 0. The van der Waals surface area contributed by atoms with Crippen LogP contribution in [0.1, 0.15) is 38.8 Å². The summed E-state index contributed by atoms with van der Waals surface area (Å²) in [6, 6.07) is 18.0. The molecule has 0 fully saturated rings. The van der Waals surface area contributed by atoms with Crippen molar-refractivity contribution >= 4 is 5.97 Å². The van der Waals surface area contributed by atoms with Gasteiger partial charge in [0.05, 0.1) is 19.6 Å². The van der Waals surface area contributed by atoms with Crippen LogP contribution in [0.15, 0.2) is 60.7 Å². The number of hydrogen-bond acceptors (Lipinski definition) is 3. The number of halogens is 1. The van der Waals surface area contributed by atoms with Crippen molar-refractivity contribution in [1.29, 1.82) is 0 Å². The second-order valence-corrected chi connectivity index (χ2v) is 6.61. The molecule has 148 valence electrons. The highest BCUT2D eigenvalue weighted by Gasteiger charge is 2.44. The van der Waals surface area contributed by atoms with Gasteiger partial charge in [0.15, 0.2) is 0 Å². The molecule has 5 heteroatoms. The molecule has 1 atom stereocenters. The topological polar surface area (TPSA) is 46.5 Å². The number of carbonyl (C=O) groups excluding carboxylic acids is 1. The molecule has 0 aliphatic carbocycles. The summed E-state index contributed by atoms with van der Waals surface area (Å²) in [5.74, 6) is -0.639. The minimum Gasteiger partial charge on any atom is -1.00 e. The molecule has 0 heterocycles. The van der Waals surface area contributed by atoms with E-state index in [4.69, 9.17) is 4.74 Å².